The molecule has 2 saturated heterocycles. The van der Waals surface area contributed by atoms with E-state index in [0.29, 0.717) is 13.1 Å². The van der Waals surface area contributed by atoms with Crippen LogP contribution in [0.1, 0.15) is 51.6 Å². The third kappa shape index (κ3) is 5.09. The highest BCUT2D eigenvalue weighted by Crippen LogP contribution is 2.40. The second-order valence-electron chi connectivity index (χ2n) is 9.36. The van der Waals surface area contributed by atoms with Gasteiger partial charge in [-0.2, -0.15) is 0 Å². The first-order valence-corrected chi connectivity index (χ1v) is 10.9. The average molecular weight is 446 g/mol. The van der Waals surface area contributed by atoms with E-state index in [1.165, 1.54) is 0 Å². The van der Waals surface area contributed by atoms with Gasteiger partial charge in [-0.3, -0.25) is 14.9 Å². The maximum Gasteiger partial charge on any atom is 0.408 e. The highest BCUT2D eigenvalue weighted by Gasteiger charge is 2.57. The number of carbonyl (C=O) groups is 4. The Morgan fingerprint density at radius 3 is 2.34 bits per heavy atom. The number of ketones is 1. The standard InChI is InChI=1S/C23H31N3O6/c1-22(2,3)32-21(31)24-14-17(27)23(20(29)30)13-16(19(28)26-11-7-8-12-26)18(25-23)15-9-5-4-6-10-15/h4-6,9-10,16,18,25H,7-8,11-14H2,1-3H3,(H,24,31)(H,29,30). The minimum absolute atomic E-state index is 0.153. The minimum Gasteiger partial charge on any atom is -0.480 e. The van der Waals surface area contributed by atoms with Gasteiger partial charge in [0, 0.05) is 19.1 Å². The number of alkyl carbamates (subject to hydrolysis) is 1. The SMILES string of the molecule is CC(C)(C)OC(=O)NCC(=O)C1(C(=O)O)CC(C(=O)N2CCCC2)C(c2ccccc2)N1. The molecule has 2 aliphatic rings. The molecule has 1 aromatic rings. The monoisotopic (exact) mass is 445 g/mol. The molecule has 0 saturated carbocycles. The molecule has 2 heterocycles. The number of likely N-dealkylation sites (tertiary alicyclic amines) is 1. The molecule has 0 bridgehead atoms. The number of hydrogen-bond acceptors (Lipinski definition) is 6. The number of carboxylic acid groups (broad SMARTS) is 1. The van der Waals surface area contributed by atoms with E-state index in [2.05, 4.69) is 10.6 Å². The van der Waals surface area contributed by atoms with Gasteiger partial charge < -0.3 is 20.1 Å². The number of Topliss-reactive ketones (excluding diaryl/α,β-unsaturated/α-hetero) is 1. The summed E-state index contributed by atoms with van der Waals surface area (Å²) in [4.78, 5) is 52.4. The number of benzene rings is 1. The molecule has 3 unspecified atom stereocenters. The van der Waals surface area contributed by atoms with Crippen molar-refractivity contribution < 1.29 is 29.0 Å². The van der Waals surface area contributed by atoms with E-state index in [0.717, 1.165) is 18.4 Å². The lowest BCUT2D eigenvalue weighted by Crippen LogP contribution is -2.57. The van der Waals surface area contributed by atoms with Gasteiger partial charge in [0.25, 0.3) is 0 Å². The van der Waals surface area contributed by atoms with Gasteiger partial charge in [0.15, 0.2) is 11.3 Å². The van der Waals surface area contributed by atoms with Crippen molar-refractivity contribution in [2.24, 2.45) is 5.92 Å². The van der Waals surface area contributed by atoms with Gasteiger partial charge in [-0.15, -0.1) is 0 Å². The molecule has 1 aromatic carbocycles. The lowest BCUT2D eigenvalue weighted by Gasteiger charge is -2.25. The number of nitrogens with one attached hydrogen (secondary N) is 2. The molecule has 3 atom stereocenters. The predicted octanol–water partition coefficient (Wildman–Crippen LogP) is 1.88. The third-order valence-electron chi connectivity index (χ3n) is 5.86. The normalized spacial score (nSPS) is 25.4. The zero-order chi connectivity index (χ0) is 23.5. The summed E-state index contributed by atoms with van der Waals surface area (Å²) in [5, 5.41) is 15.4. The first-order valence-electron chi connectivity index (χ1n) is 10.9. The Morgan fingerprint density at radius 1 is 1.16 bits per heavy atom. The van der Waals surface area contributed by atoms with Gasteiger partial charge in [0.05, 0.1) is 12.5 Å². The Kier molecular flexibility index (Phi) is 6.88. The van der Waals surface area contributed by atoms with Crippen LogP contribution in [0.5, 0.6) is 0 Å². The Hall–Kier alpha value is -2.94. The van der Waals surface area contributed by atoms with Crippen molar-refractivity contribution >= 4 is 23.8 Å². The number of aliphatic carboxylic acids is 1. The molecule has 0 spiro atoms. The van der Waals surface area contributed by atoms with E-state index >= 15 is 0 Å². The van der Waals surface area contributed by atoms with Crippen LogP contribution >= 0.6 is 0 Å². The number of carbonyl (C=O) groups excluding carboxylic acids is 3. The van der Waals surface area contributed by atoms with Gasteiger partial charge in [0.2, 0.25) is 5.91 Å². The van der Waals surface area contributed by atoms with E-state index in [1.54, 1.807) is 37.8 Å². The van der Waals surface area contributed by atoms with E-state index in [-0.39, 0.29) is 12.3 Å². The van der Waals surface area contributed by atoms with E-state index < -0.39 is 47.5 Å². The second kappa shape index (κ2) is 9.28. The van der Waals surface area contributed by atoms with Crippen molar-refractivity contribution in [1.29, 1.82) is 0 Å². The molecule has 0 aliphatic carbocycles. The molecule has 9 heteroatoms. The molecular formula is C23H31N3O6. The Labute approximate surface area is 187 Å². The topological polar surface area (TPSA) is 125 Å². The summed E-state index contributed by atoms with van der Waals surface area (Å²) in [6.45, 7) is 5.79. The van der Waals surface area contributed by atoms with Crippen molar-refractivity contribution in [2.45, 2.75) is 57.2 Å². The molecule has 3 rings (SSSR count). The molecule has 0 radical (unpaired) electrons. The molecule has 3 N–H and O–H groups in total. The molecule has 174 valence electrons. The fourth-order valence-electron chi connectivity index (χ4n) is 4.33. The maximum absolute atomic E-state index is 13.3. The van der Waals surface area contributed by atoms with Crippen LogP contribution in [0, 0.1) is 5.92 Å². The minimum atomic E-state index is -1.99. The van der Waals surface area contributed by atoms with Gasteiger partial charge in [-0.05, 0) is 45.6 Å². The Balaban J connectivity index is 1.85. The zero-order valence-corrected chi connectivity index (χ0v) is 18.7. The van der Waals surface area contributed by atoms with Crippen LogP contribution in [-0.2, 0) is 19.1 Å². The van der Waals surface area contributed by atoms with Crippen LogP contribution in [0.4, 0.5) is 4.79 Å². The highest BCUT2D eigenvalue weighted by molar-refractivity contribution is 6.10. The molecule has 2 aliphatic heterocycles. The number of ether oxygens (including phenoxy) is 1. The molecule has 2 amide bonds. The summed E-state index contributed by atoms with van der Waals surface area (Å²) in [7, 11) is 0. The van der Waals surface area contributed by atoms with Crippen LogP contribution in [0.25, 0.3) is 0 Å². The van der Waals surface area contributed by atoms with Crippen molar-refractivity contribution in [3.05, 3.63) is 35.9 Å². The van der Waals surface area contributed by atoms with E-state index in [4.69, 9.17) is 4.74 Å². The number of hydrogen-bond donors (Lipinski definition) is 3. The maximum atomic E-state index is 13.3. The molecule has 9 nitrogen and oxygen atoms in total. The number of amides is 2. The summed E-state index contributed by atoms with van der Waals surface area (Å²) < 4.78 is 5.13. The molecular weight excluding hydrogens is 414 g/mol. The molecule has 2 fully saturated rings. The van der Waals surface area contributed by atoms with Crippen LogP contribution in [0.3, 0.4) is 0 Å². The predicted molar refractivity (Wildman–Crippen MR) is 116 cm³/mol. The van der Waals surface area contributed by atoms with Gasteiger partial charge in [0.1, 0.15) is 5.60 Å². The van der Waals surface area contributed by atoms with Crippen LogP contribution < -0.4 is 10.6 Å². The van der Waals surface area contributed by atoms with E-state index in [9.17, 15) is 24.3 Å². The Morgan fingerprint density at radius 2 is 1.78 bits per heavy atom. The van der Waals surface area contributed by atoms with Crippen molar-refractivity contribution in [1.82, 2.24) is 15.5 Å². The average Bonchev–Trinajstić information content (AvgIpc) is 3.40. The van der Waals surface area contributed by atoms with Crippen LogP contribution in [0.2, 0.25) is 0 Å². The largest absolute Gasteiger partial charge is 0.480 e. The van der Waals surface area contributed by atoms with Crippen molar-refractivity contribution in [2.75, 3.05) is 19.6 Å². The Bertz CT molecular complexity index is 875. The summed E-state index contributed by atoms with van der Waals surface area (Å²) in [5.74, 6) is -2.96. The van der Waals surface area contributed by atoms with Crippen molar-refractivity contribution in [3.8, 4) is 0 Å². The summed E-state index contributed by atoms with van der Waals surface area (Å²) in [6, 6.07) is 8.43. The quantitative estimate of drug-likeness (QED) is 0.571. The number of carboxylic acids is 1. The van der Waals surface area contributed by atoms with Crippen molar-refractivity contribution in [3.63, 3.8) is 0 Å². The van der Waals surface area contributed by atoms with Crippen LogP contribution in [0.15, 0.2) is 30.3 Å². The molecule has 0 aromatic heterocycles. The first-order chi connectivity index (χ1) is 15.0. The summed E-state index contributed by atoms with van der Waals surface area (Å²) in [5.41, 5.74) is -2.01. The molecule has 32 heavy (non-hydrogen) atoms. The van der Waals surface area contributed by atoms with Gasteiger partial charge in [-0.25, -0.2) is 9.59 Å². The smallest absolute Gasteiger partial charge is 0.408 e. The second-order valence-corrected chi connectivity index (χ2v) is 9.36. The summed E-state index contributed by atoms with van der Waals surface area (Å²) >= 11 is 0. The first kappa shape index (κ1) is 23.7. The zero-order valence-electron chi connectivity index (χ0n) is 18.7. The fraction of sp³-hybridized carbons (Fsp3) is 0.565. The fourth-order valence-corrected chi connectivity index (χ4v) is 4.33. The van der Waals surface area contributed by atoms with Crippen LogP contribution in [-0.4, -0.2) is 64.5 Å². The lowest BCUT2D eigenvalue weighted by atomic mass is 9.85. The van der Waals surface area contributed by atoms with Gasteiger partial charge in [-0.1, -0.05) is 30.3 Å². The summed E-state index contributed by atoms with van der Waals surface area (Å²) in [6.07, 6.45) is 0.815. The highest BCUT2D eigenvalue weighted by atomic mass is 16.6. The van der Waals surface area contributed by atoms with E-state index in [1.807, 2.05) is 18.2 Å². The third-order valence-corrected chi connectivity index (χ3v) is 5.86. The lowest BCUT2D eigenvalue weighted by molar-refractivity contribution is -0.149. The van der Waals surface area contributed by atoms with Gasteiger partial charge >= 0.3 is 12.1 Å². The number of rotatable bonds is 6. The number of nitrogens with zero attached hydrogens (tertiary/aromatic N) is 1.